The Morgan fingerprint density at radius 2 is 1.69 bits per heavy atom. The molecule has 0 spiro atoms. The fourth-order valence-electron chi connectivity index (χ4n) is 5.18. The molecule has 0 aromatic heterocycles. The molecule has 1 unspecified atom stereocenters. The van der Waals surface area contributed by atoms with Crippen LogP contribution in [0.3, 0.4) is 0 Å². The molecule has 0 saturated carbocycles. The molecule has 4 N–H and O–H groups in total. The molecule has 8 amide bonds. The molecule has 2 saturated heterocycles. The minimum atomic E-state index is -1.45. The first kappa shape index (κ1) is 37.3. The van der Waals surface area contributed by atoms with Gasteiger partial charge in [0.2, 0.25) is 17.7 Å². The summed E-state index contributed by atoms with van der Waals surface area (Å²) in [5, 5.41) is 8.60. The van der Waals surface area contributed by atoms with E-state index >= 15 is 0 Å². The zero-order valence-corrected chi connectivity index (χ0v) is 28.0. The summed E-state index contributed by atoms with van der Waals surface area (Å²) >= 11 is 4.09. The standard InChI is InChI=1S/C30H47N7O7S/c1-10-12-31-24(41)21(39)25(45)34-23(40)18-13-17(11-2)15-36(18)26(42)22(30(6,7)8)33-28(44)35(9)19(29(3,4)5)16-37-20(38)14-32-27(37)43/h10-11,17-19,22,25,45H,1-2,12-16H2,3-9H3,(H,31,41)(H,32,43)(H,33,44)(H,34,40)/t17-,18+,19-,22-,25?/m1/s1. The van der Waals surface area contributed by atoms with Gasteiger partial charge in [-0.15, -0.1) is 25.8 Å². The van der Waals surface area contributed by atoms with Crippen LogP contribution in [-0.4, -0.2) is 113 Å². The lowest BCUT2D eigenvalue weighted by molar-refractivity contribution is -0.143. The van der Waals surface area contributed by atoms with E-state index in [1.165, 1.54) is 22.9 Å². The normalized spacial score (nSPS) is 20.4. The summed E-state index contributed by atoms with van der Waals surface area (Å²) in [6.45, 7) is 18.2. The predicted octanol–water partition coefficient (Wildman–Crippen LogP) is 0.656. The molecular weight excluding hydrogens is 602 g/mol. The number of rotatable bonds is 12. The molecule has 5 atom stereocenters. The molecule has 2 rings (SSSR count). The lowest BCUT2D eigenvalue weighted by atomic mass is 9.84. The minimum Gasteiger partial charge on any atom is -0.346 e. The molecular formula is C30H47N7O7S. The van der Waals surface area contributed by atoms with Gasteiger partial charge in [0.1, 0.15) is 17.5 Å². The molecule has 250 valence electrons. The zero-order chi connectivity index (χ0) is 34.4. The van der Waals surface area contributed by atoms with Crippen LogP contribution in [0, 0.1) is 16.7 Å². The number of likely N-dealkylation sites (tertiary alicyclic amines) is 1. The molecule has 0 radical (unpaired) electrons. The molecule has 0 aromatic carbocycles. The van der Waals surface area contributed by atoms with Crippen molar-refractivity contribution in [3.05, 3.63) is 25.3 Å². The number of Topliss-reactive ketones (excluding diaryl/α,β-unsaturated/α-hetero) is 1. The van der Waals surface area contributed by atoms with Gasteiger partial charge in [0.25, 0.3) is 11.7 Å². The molecule has 2 aliphatic rings. The monoisotopic (exact) mass is 649 g/mol. The second-order valence-electron chi connectivity index (χ2n) is 13.4. The number of thiol groups is 1. The molecule has 0 bridgehead atoms. The van der Waals surface area contributed by atoms with Crippen LogP contribution in [0.2, 0.25) is 0 Å². The molecule has 2 fully saturated rings. The first-order chi connectivity index (χ1) is 20.7. The number of nitrogens with one attached hydrogen (secondary N) is 4. The van der Waals surface area contributed by atoms with Crippen molar-refractivity contribution in [1.82, 2.24) is 36.0 Å². The van der Waals surface area contributed by atoms with Crippen molar-refractivity contribution in [2.75, 3.05) is 33.2 Å². The maximum absolute atomic E-state index is 14.1. The summed E-state index contributed by atoms with van der Waals surface area (Å²) in [7, 11) is 1.53. The van der Waals surface area contributed by atoms with Crippen LogP contribution >= 0.6 is 12.6 Å². The van der Waals surface area contributed by atoms with E-state index < -0.39 is 75.8 Å². The smallest absolute Gasteiger partial charge is 0.324 e. The minimum absolute atomic E-state index is 0.0448. The third kappa shape index (κ3) is 9.31. The van der Waals surface area contributed by atoms with Crippen molar-refractivity contribution >= 4 is 54.1 Å². The second-order valence-corrected chi connectivity index (χ2v) is 13.9. The van der Waals surface area contributed by atoms with Crippen LogP contribution in [0.1, 0.15) is 48.0 Å². The predicted molar refractivity (Wildman–Crippen MR) is 171 cm³/mol. The number of imide groups is 1. The highest BCUT2D eigenvalue weighted by Gasteiger charge is 2.46. The average molecular weight is 650 g/mol. The quantitative estimate of drug-likeness (QED) is 0.0678. The third-order valence-corrected chi connectivity index (χ3v) is 8.24. The Morgan fingerprint density at radius 3 is 2.18 bits per heavy atom. The Morgan fingerprint density at radius 1 is 1.07 bits per heavy atom. The fraction of sp³-hybridized carbons (Fsp3) is 0.633. The average Bonchev–Trinajstić information content (AvgIpc) is 3.53. The van der Waals surface area contributed by atoms with Gasteiger partial charge in [-0.1, -0.05) is 53.7 Å². The summed E-state index contributed by atoms with van der Waals surface area (Å²) in [5.74, 6) is -3.78. The highest BCUT2D eigenvalue weighted by atomic mass is 32.1. The van der Waals surface area contributed by atoms with E-state index in [0.29, 0.717) is 0 Å². The number of hydrogen-bond acceptors (Lipinski definition) is 8. The van der Waals surface area contributed by atoms with Gasteiger partial charge in [-0.2, -0.15) is 0 Å². The van der Waals surface area contributed by atoms with Gasteiger partial charge < -0.3 is 31.1 Å². The molecule has 45 heavy (non-hydrogen) atoms. The number of nitrogens with zero attached hydrogens (tertiary/aromatic N) is 3. The molecule has 14 nitrogen and oxygen atoms in total. The van der Waals surface area contributed by atoms with E-state index in [-0.39, 0.29) is 38.5 Å². The summed E-state index contributed by atoms with van der Waals surface area (Å²) in [6, 6.07) is -3.88. The second kappa shape index (κ2) is 14.9. The lowest BCUT2D eigenvalue weighted by Gasteiger charge is -2.41. The van der Waals surface area contributed by atoms with Gasteiger partial charge in [-0.3, -0.25) is 28.9 Å². The van der Waals surface area contributed by atoms with Gasteiger partial charge >= 0.3 is 12.1 Å². The van der Waals surface area contributed by atoms with E-state index in [0.717, 1.165) is 4.90 Å². The molecule has 0 aliphatic carbocycles. The van der Waals surface area contributed by atoms with E-state index in [1.807, 2.05) is 20.8 Å². The summed E-state index contributed by atoms with van der Waals surface area (Å²) in [6.07, 6.45) is 3.23. The van der Waals surface area contributed by atoms with Gasteiger partial charge in [0.15, 0.2) is 0 Å². The highest BCUT2D eigenvalue weighted by molar-refractivity contribution is 7.82. The van der Waals surface area contributed by atoms with E-state index in [4.69, 9.17) is 0 Å². The number of amides is 8. The van der Waals surface area contributed by atoms with Crippen molar-refractivity contribution in [2.24, 2.45) is 16.7 Å². The summed E-state index contributed by atoms with van der Waals surface area (Å²) < 4.78 is 0. The van der Waals surface area contributed by atoms with Gasteiger partial charge in [-0.05, 0) is 23.2 Å². The van der Waals surface area contributed by atoms with E-state index in [9.17, 15) is 33.6 Å². The maximum atomic E-state index is 14.1. The van der Waals surface area contributed by atoms with Crippen molar-refractivity contribution in [3.63, 3.8) is 0 Å². The number of carbonyl (C=O) groups excluding carboxylic acids is 7. The summed E-state index contributed by atoms with van der Waals surface area (Å²) in [5.41, 5.74) is -1.37. The van der Waals surface area contributed by atoms with E-state index in [2.05, 4.69) is 47.1 Å². The number of hydrogen-bond donors (Lipinski definition) is 5. The number of likely N-dealkylation sites (N-methyl/N-ethyl adjacent to an activating group) is 1. The van der Waals surface area contributed by atoms with Crippen LogP contribution in [0.5, 0.6) is 0 Å². The molecule has 2 aliphatic heterocycles. The van der Waals surface area contributed by atoms with Gasteiger partial charge in [0.05, 0.1) is 19.1 Å². The first-order valence-electron chi connectivity index (χ1n) is 14.7. The van der Waals surface area contributed by atoms with Crippen LogP contribution < -0.4 is 21.3 Å². The van der Waals surface area contributed by atoms with Crippen LogP contribution in [-0.2, 0) is 24.0 Å². The number of carbonyl (C=O) groups is 7. The van der Waals surface area contributed by atoms with Crippen LogP contribution in [0.25, 0.3) is 0 Å². The van der Waals surface area contributed by atoms with Crippen molar-refractivity contribution < 1.29 is 33.6 Å². The fourth-order valence-corrected chi connectivity index (χ4v) is 5.42. The highest BCUT2D eigenvalue weighted by Crippen LogP contribution is 2.30. The topological polar surface area (TPSA) is 177 Å². The molecule has 2 heterocycles. The van der Waals surface area contributed by atoms with Crippen LogP contribution in [0.15, 0.2) is 25.3 Å². The maximum Gasteiger partial charge on any atom is 0.324 e. The SMILES string of the molecule is C=CCNC(=O)C(=O)C(S)NC(=O)[C@@H]1C[C@@H](C=C)CN1C(=O)[C@@H](NC(=O)N(C)[C@H](CN1C(=O)CNC1=O)C(C)(C)C)C(C)(C)C. The Kier molecular flexibility index (Phi) is 12.4. The Bertz CT molecular complexity index is 1210. The van der Waals surface area contributed by atoms with Crippen LogP contribution in [0.4, 0.5) is 9.59 Å². The zero-order valence-electron chi connectivity index (χ0n) is 27.1. The van der Waals surface area contributed by atoms with Crippen molar-refractivity contribution in [1.29, 1.82) is 0 Å². The van der Waals surface area contributed by atoms with E-state index in [1.54, 1.807) is 26.8 Å². The Hall–Kier alpha value is -3.88. The Balaban J connectivity index is 2.29. The van der Waals surface area contributed by atoms with Gasteiger partial charge in [-0.25, -0.2) is 9.59 Å². The number of ketones is 1. The number of urea groups is 2. The Labute approximate surface area is 270 Å². The third-order valence-electron chi connectivity index (χ3n) is 7.87. The largest absolute Gasteiger partial charge is 0.346 e. The molecule has 15 heteroatoms. The first-order valence-corrected chi connectivity index (χ1v) is 15.2. The van der Waals surface area contributed by atoms with Crippen molar-refractivity contribution in [3.8, 4) is 0 Å². The van der Waals surface area contributed by atoms with Gasteiger partial charge in [0, 0.05) is 20.1 Å². The summed E-state index contributed by atoms with van der Waals surface area (Å²) in [4.78, 5) is 93.9. The van der Waals surface area contributed by atoms with Crippen molar-refractivity contribution in [2.45, 2.75) is 71.5 Å². The lowest BCUT2D eigenvalue weighted by Crippen LogP contribution is -2.62. The molecule has 0 aromatic rings.